The Hall–Kier alpha value is -2.02. The molecule has 1 heterocycles. The average Bonchev–Trinajstić information content (AvgIpc) is 2.69. The molecule has 1 aromatic heterocycles. The smallest absolute Gasteiger partial charge is 0.227 e. The number of thioether (sulfide) groups is 1. The minimum atomic E-state index is -0.417. The van der Waals surface area contributed by atoms with Crippen LogP contribution in [0.15, 0.2) is 35.5 Å². The number of aromatic nitrogens is 3. The van der Waals surface area contributed by atoms with Crippen LogP contribution in [0.25, 0.3) is 11.4 Å². The Morgan fingerprint density at radius 2 is 2.00 bits per heavy atom. The number of nitrogen functional groups attached to an aromatic ring is 1. The fourth-order valence-electron chi connectivity index (χ4n) is 1.30. The summed E-state index contributed by atoms with van der Waals surface area (Å²) in [6.07, 6.45) is 0. The summed E-state index contributed by atoms with van der Waals surface area (Å²) in [6.45, 7) is 0. The third kappa shape index (κ3) is 2.56. The molecule has 0 radical (unpaired) electrons. The van der Waals surface area contributed by atoms with Crippen molar-refractivity contribution in [3.8, 4) is 11.4 Å². The highest BCUT2D eigenvalue weighted by atomic mass is 32.2. The molecule has 0 saturated carbocycles. The normalized spacial score (nSPS) is 10.4. The Morgan fingerprint density at radius 1 is 1.29 bits per heavy atom. The molecule has 1 amide bonds. The van der Waals surface area contributed by atoms with Gasteiger partial charge in [0.05, 0.1) is 5.75 Å². The van der Waals surface area contributed by atoms with Gasteiger partial charge in [-0.15, -0.1) is 10.2 Å². The van der Waals surface area contributed by atoms with Crippen LogP contribution in [-0.4, -0.2) is 26.5 Å². The largest absolute Gasteiger partial charge is 0.369 e. The van der Waals surface area contributed by atoms with Gasteiger partial charge < -0.3 is 11.6 Å². The maximum Gasteiger partial charge on any atom is 0.227 e. The molecular weight excluding hydrogens is 238 g/mol. The molecule has 17 heavy (non-hydrogen) atoms. The molecule has 0 unspecified atom stereocenters. The standard InChI is InChI=1S/C10H11N5OS/c11-8(16)6-17-10-14-13-9(15(10)12)7-4-2-1-3-5-7/h1-5H,6,12H2,(H2,11,16). The first kappa shape index (κ1) is 11.5. The van der Waals surface area contributed by atoms with Gasteiger partial charge in [0.2, 0.25) is 11.1 Å². The van der Waals surface area contributed by atoms with Crippen molar-refractivity contribution in [2.24, 2.45) is 5.73 Å². The number of carbonyl (C=O) groups excluding carboxylic acids is 1. The lowest BCUT2D eigenvalue weighted by Crippen LogP contribution is -2.16. The lowest BCUT2D eigenvalue weighted by atomic mass is 10.2. The zero-order valence-electron chi connectivity index (χ0n) is 8.91. The van der Waals surface area contributed by atoms with Gasteiger partial charge in [-0.05, 0) is 0 Å². The molecule has 0 aliphatic rings. The van der Waals surface area contributed by atoms with Gasteiger partial charge in [-0.3, -0.25) is 4.79 Å². The van der Waals surface area contributed by atoms with Crippen molar-refractivity contribution < 1.29 is 4.79 Å². The molecule has 6 nitrogen and oxygen atoms in total. The molecule has 0 aliphatic carbocycles. The molecule has 0 saturated heterocycles. The van der Waals surface area contributed by atoms with Crippen LogP contribution in [0.4, 0.5) is 0 Å². The zero-order chi connectivity index (χ0) is 12.3. The van der Waals surface area contributed by atoms with E-state index in [0.29, 0.717) is 11.0 Å². The third-order valence-electron chi connectivity index (χ3n) is 2.04. The van der Waals surface area contributed by atoms with E-state index < -0.39 is 5.91 Å². The van der Waals surface area contributed by atoms with E-state index in [9.17, 15) is 4.79 Å². The number of carbonyl (C=O) groups is 1. The Balaban J connectivity index is 2.24. The van der Waals surface area contributed by atoms with Crippen molar-refractivity contribution in [3.05, 3.63) is 30.3 Å². The maximum atomic E-state index is 10.7. The Labute approximate surface area is 102 Å². The summed E-state index contributed by atoms with van der Waals surface area (Å²) < 4.78 is 1.35. The molecule has 0 bridgehead atoms. The summed E-state index contributed by atoms with van der Waals surface area (Å²) >= 11 is 1.16. The summed E-state index contributed by atoms with van der Waals surface area (Å²) in [6, 6.07) is 9.45. The van der Waals surface area contributed by atoms with Gasteiger partial charge in [-0.2, -0.15) is 0 Å². The van der Waals surface area contributed by atoms with E-state index in [-0.39, 0.29) is 5.75 Å². The highest BCUT2D eigenvalue weighted by Gasteiger charge is 2.12. The second-order valence-corrected chi connectivity index (χ2v) is 4.24. The van der Waals surface area contributed by atoms with Crippen molar-refractivity contribution in [3.63, 3.8) is 0 Å². The number of hydrogen-bond donors (Lipinski definition) is 2. The van der Waals surface area contributed by atoms with Crippen molar-refractivity contribution in [1.82, 2.24) is 14.9 Å². The Morgan fingerprint density at radius 3 is 2.65 bits per heavy atom. The number of amides is 1. The zero-order valence-corrected chi connectivity index (χ0v) is 9.72. The highest BCUT2D eigenvalue weighted by Crippen LogP contribution is 2.20. The first-order chi connectivity index (χ1) is 8.18. The molecule has 0 atom stereocenters. The van der Waals surface area contributed by atoms with Crippen LogP contribution >= 0.6 is 11.8 Å². The van der Waals surface area contributed by atoms with Crippen LogP contribution in [0.2, 0.25) is 0 Å². The van der Waals surface area contributed by atoms with Gasteiger partial charge in [-0.25, -0.2) is 4.68 Å². The lowest BCUT2D eigenvalue weighted by Gasteiger charge is -2.02. The number of primary amides is 1. The third-order valence-corrected chi connectivity index (χ3v) is 3.01. The predicted octanol–water partition coefficient (Wildman–Crippen LogP) is 0.236. The Kier molecular flexibility index (Phi) is 3.29. The van der Waals surface area contributed by atoms with E-state index in [1.54, 1.807) is 0 Å². The second-order valence-electron chi connectivity index (χ2n) is 3.30. The van der Waals surface area contributed by atoms with Crippen LogP contribution in [0.3, 0.4) is 0 Å². The van der Waals surface area contributed by atoms with Crippen LogP contribution in [0, 0.1) is 0 Å². The number of nitrogens with two attached hydrogens (primary N) is 2. The van der Waals surface area contributed by atoms with E-state index in [1.165, 1.54) is 4.68 Å². The van der Waals surface area contributed by atoms with Crippen molar-refractivity contribution in [2.75, 3.05) is 11.6 Å². The molecule has 4 N–H and O–H groups in total. The van der Waals surface area contributed by atoms with Crippen molar-refractivity contribution in [2.45, 2.75) is 5.16 Å². The number of nitrogens with zero attached hydrogens (tertiary/aromatic N) is 3. The van der Waals surface area contributed by atoms with Crippen molar-refractivity contribution >= 4 is 17.7 Å². The number of rotatable bonds is 4. The monoisotopic (exact) mass is 249 g/mol. The minimum Gasteiger partial charge on any atom is -0.369 e. The molecular formula is C10H11N5OS. The molecule has 2 aromatic rings. The van der Waals surface area contributed by atoms with Crippen LogP contribution < -0.4 is 11.6 Å². The van der Waals surface area contributed by atoms with E-state index in [2.05, 4.69) is 10.2 Å². The fourth-order valence-corrected chi connectivity index (χ4v) is 1.89. The molecule has 88 valence electrons. The highest BCUT2D eigenvalue weighted by molar-refractivity contribution is 7.99. The fraction of sp³-hybridized carbons (Fsp3) is 0.100. The lowest BCUT2D eigenvalue weighted by molar-refractivity contribution is -0.115. The number of hydrogen-bond acceptors (Lipinski definition) is 5. The van der Waals surface area contributed by atoms with Gasteiger partial charge in [0.1, 0.15) is 0 Å². The first-order valence-electron chi connectivity index (χ1n) is 4.85. The molecule has 0 aliphatic heterocycles. The Bertz CT molecular complexity index is 525. The average molecular weight is 249 g/mol. The van der Waals surface area contributed by atoms with E-state index in [4.69, 9.17) is 11.6 Å². The van der Waals surface area contributed by atoms with Gasteiger partial charge in [0, 0.05) is 5.56 Å². The van der Waals surface area contributed by atoms with Crippen LogP contribution in [0.1, 0.15) is 0 Å². The maximum absolute atomic E-state index is 10.7. The summed E-state index contributed by atoms with van der Waals surface area (Å²) in [5, 5.41) is 8.35. The van der Waals surface area contributed by atoms with Gasteiger partial charge in [-0.1, -0.05) is 42.1 Å². The van der Waals surface area contributed by atoms with Crippen LogP contribution in [0.5, 0.6) is 0 Å². The molecule has 1 aromatic carbocycles. The minimum absolute atomic E-state index is 0.129. The SMILES string of the molecule is NC(=O)CSc1nnc(-c2ccccc2)n1N. The van der Waals surface area contributed by atoms with Gasteiger partial charge >= 0.3 is 0 Å². The summed E-state index contributed by atoms with van der Waals surface area (Å²) in [5.74, 6) is 6.11. The summed E-state index contributed by atoms with van der Waals surface area (Å²) in [5.41, 5.74) is 5.92. The van der Waals surface area contributed by atoms with Crippen molar-refractivity contribution in [1.29, 1.82) is 0 Å². The molecule has 2 rings (SSSR count). The predicted molar refractivity (Wildman–Crippen MR) is 65.5 cm³/mol. The summed E-state index contributed by atoms with van der Waals surface area (Å²) in [7, 11) is 0. The molecule has 0 spiro atoms. The quantitative estimate of drug-likeness (QED) is 0.597. The topological polar surface area (TPSA) is 99.8 Å². The van der Waals surface area contributed by atoms with E-state index >= 15 is 0 Å². The first-order valence-corrected chi connectivity index (χ1v) is 5.84. The van der Waals surface area contributed by atoms with Gasteiger partial charge in [0.25, 0.3) is 0 Å². The summed E-state index contributed by atoms with van der Waals surface area (Å²) in [4.78, 5) is 10.7. The van der Waals surface area contributed by atoms with Crippen LogP contribution in [-0.2, 0) is 4.79 Å². The molecule has 0 fully saturated rings. The van der Waals surface area contributed by atoms with E-state index in [0.717, 1.165) is 17.3 Å². The number of benzene rings is 1. The van der Waals surface area contributed by atoms with Gasteiger partial charge in [0.15, 0.2) is 5.82 Å². The second kappa shape index (κ2) is 4.88. The molecule has 7 heteroatoms. The van der Waals surface area contributed by atoms with E-state index in [1.807, 2.05) is 30.3 Å².